The van der Waals surface area contributed by atoms with Gasteiger partial charge in [-0.15, -0.1) is 22.0 Å². The van der Waals surface area contributed by atoms with Crippen LogP contribution >= 0.6 is 15.9 Å². The van der Waals surface area contributed by atoms with Crippen molar-refractivity contribution in [2.24, 2.45) is 0 Å². The molecule has 50 valence electrons. The molecule has 0 radical (unpaired) electrons. The summed E-state index contributed by atoms with van der Waals surface area (Å²) in [5.74, 6) is -0.247. The van der Waals surface area contributed by atoms with Crippen LogP contribution in [0.4, 0.5) is 4.39 Å². The van der Waals surface area contributed by atoms with E-state index in [1.165, 1.54) is 18.2 Å². The number of hydrogen-bond acceptors (Lipinski definition) is 0. The van der Waals surface area contributed by atoms with Crippen LogP contribution in [0.25, 0.3) is 0 Å². The molecule has 0 N–H and O–H groups in total. The third kappa shape index (κ3) is 3.76. The molecule has 1 aromatic carbocycles. The summed E-state index contributed by atoms with van der Waals surface area (Å²) < 4.78 is 12.7. The first kappa shape index (κ1) is 13.3. The van der Waals surface area contributed by atoms with Crippen LogP contribution in [-0.4, -0.2) is 23.1 Å². The molecule has 0 unspecified atom stereocenters. The van der Waals surface area contributed by atoms with Crippen LogP contribution in [0.3, 0.4) is 0 Å². The Bertz CT molecular complexity index is 174. The van der Waals surface area contributed by atoms with Crippen LogP contribution in [0.15, 0.2) is 22.7 Å². The van der Waals surface area contributed by atoms with Crippen molar-refractivity contribution in [3.05, 3.63) is 34.6 Å². The van der Waals surface area contributed by atoms with Crippen LogP contribution in [0.5, 0.6) is 0 Å². The fraction of sp³-hybridized carbons (Fsp3) is 0. The van der Waals surface area contributed by atoms with E-state index >= 15 is 0 Å². The summed E-state index contributed by atoms with van der Waals surface area (Å²) in [6.45, 7) is 0. The van der Waals surface area contributed by atoms with Crippen molar-refractivity contribution in [1.82, 2.24) is 0 Å². The Hall–Kier alpha value is 0.686. The summed E-state index contributed by atoms with van der Waals surface area (Å²) in [7, 11) is 0. The maximum absolute atomic E-state index is 12.3. The Kier molecular flexibility index (Phi) is 8.50. The quantitative estimate of drug-likeness (QED) is 0.399. The van der Waals surface area contributed by atoms with Gasteiger partial charge in [-0.2, -0.15) is 18.2 Å². The third-order valence-corrected chi connectivity index (χ3v) is 1.37. The minimum absolute atomic E-state index is 0. The molecule has 0 aliphatic rings. The molecule has 0 aliphatic heterocycles. The molecule has 0 saturated carbocycles. The predicted molar refractivity (Wildman–Crippen MR) is 38.7 cm³/mol. The van der Waals surface area contributed by atoms with Gasteiger partial charge in [-0.3, -0.25) is 0 Å². The fourth-order valence-corrected chi connectivity index (χ4v) is 0.655. The molecule has 0 spiro atoms. The predicted octanol–water partition coefficient (Wildman–Crippen LogP) is -0.988. The first-order valence-corrected chi connectivity index (χ1v) is 2.91. The molecular formula is C6H3BrClFMg. The van der Waals surface area contributed by atoms with Crippen molar-refractivity contribution in [3.63, 3.8) is 0 Å². The second-order valence-electron chi connectivity index (χ2n) is 1.34. The van der Waals surface area contributed by atoms with E-state index in [0.29, 0.717) is 4.47 Å². The standard InChI is InChI=1S/C6H3BrF.ClH.Mg/c7-5-3-1-2-4-6(5)8;;/h2-4H;1H;/q-1;;+2/p-1. The Morgan fingerprint density at radius 3 is 2.40 bits per heavy atom. The zero-order chi connectivity index (χ0) is 5.98. The second kappa shape index (κ2) is 6.40. The fourth-order valence-electron chi connectivity index (χ4n) is 0.391. The van der Waals surface area contributed by atoms with Gasteiger partial charge in [0, 0.05) is 5.82 Å². The van der Waals surface area contributed by atoms with Gasteiger partial charge in [0.2, 0.25) is 0 Å². The molecule has 0 heterocycles. The second-order valence-corrected chi connectivity index (χ2v) is 2.19. The maximum atomic E-state index is 12.3. The zero-order valence-corrected chi connectivity index (χ0v) is 8.83. The van der Waals surface area contributed by atoms with Gasteiger partial charge in [0.05, 0.1) is 0 Å². The Balaban J connectivity index is 0. The minimum atomic E-state index is -0.247. The van der Waals surface area contributed by atoms with Gasteiger partial charge in [0.25, 0.3) is 0 Å². The van der Waals surface area contributed by atoms with Crippen LogP contribution in [0, 0.1) is 11.9 Å². The van der Waals surface area contributed by atoms with E-state index in [4.69, 9.17) is 0 Å². The van der Waals surface area contributed by atoms with E-state index < -0.39 is 0 Å². The van der Waals surface area contributed by atoms with Gasteiger partial charge in [0.1, 0.15) is 0 Å². The largest absolute Gasteiger partial charge is 2.00 e. The molecular weight excluding hydrogens is 231 g/mol. The monoisotopic (exact) mass is 232 g/mol. The van der Waals surface area contributed by atoms with Gasteiger partial charge in [0.15, 0.2) is 0 Å². The van der Waals surface area contributed by atoms with E-state index in [1.54, 1.807) is 0 Å². The summed E-state index contributed by atoms with van der Waals surface area (Å²) in [4.78, 5) is 0. The minimum Gasteiger partial charge on any atom is -1.00 e. The molecule has 1 aromatic rings. The third-order valence-electron chi connectivity index (χ3n) is 0.764. The molecule has 0 aromatic heterocycles. The number of hydrogen-bond donors (Lipinski definition) is 0. The van der Waals surface area contributed by atoms with Gasteiger partial charge >= 0.3 is 23.1 Å². The van der Waals surface area contributed by atoms with Crippen molar-refractivity contribution < 1.29 is 16.8 Å². The zero-order valence-electron chi connectivity index (χ0n) is 5.07. The molecule has 0 amide bonds. The Morgan fingerprint density at radius 2 is 2.10 bits per heavy atom. The van der Waals surface area contributed by atoms with Crippen molar-refractivity contribution >= 4 is 39.0 Å². The molecule has 0 atom stereocenters. The SMILES string of the molecule is Fc1cc[c-]cc1Br.[Cl-].[Mg+2]. The van der Waals surface area contributed by atoms with Crippen LogP contribution in [-0.2, 0) is 0 Å². The van der Waals surface area contributed by atoms with E-state index in [1.807, 2.05) is 0 Å². The first-order chi connectivity index (χ1) is 3.80. The van der Waals surface area contributed by atoms with Crippen molar-refractivity contribution in [3.8, 4) is 0 Å². The molecule has 4 heteroatoms. The van der Waals surface area contributed by atoms with Crippen molar-refractivity contribution in [2.75, 3.05) is 0 Å². The van der Waals surface area contributed by atoms with E-state index in [2.05, 4.69) is 22.0 Å². The molecule has 0 aliphatic carbocycles. The topological polar surface area (TPSA) is 0 Å². The Labute approximate surface area is 89.9 Å². The maximum Gasteiger partial charge on any atom is 2.00 e. The molecule has 0 bridgehead atoms. The molecule has 0 fully saturated rings. The van der Waals surface area contributed by atoms with Gasteiger partial charge in [-0.1, -0.05) is 4.47 Å². The molecule has 0 saturated heterocycles. The van der Waals surface area contributed by atoms with Crippen LogP contribution < -0.4 is 12.4 Å². The number of rotatable bonds is 0. The van der Waals surface area contributed by atoms with Crippen molar-refractivity contribution in [1.29, 1.82) is 0 Å². The average Bonchev–Trinajstić information content (AvgIpc) is 1.77. The van der Waals surface area contributed by atoms with E-state index in [-0.39, 0.29) is 41.3 Å². The number of halogens is 3. The summed E-state index contributed by atoms with van der Waals surface area (Å²) in [5, 5.41) is 0. The van der Waals surface area contributed by atoms with Crippen LogP contribution in [0.2, 0.25) is 0 Å². The van der Waals surface area contributed by atoms with E-state index in [0.717, 1.165) is 0 Å². The van der Waals surface area contributed by atoms with Crippen molar-refractivity contribution in [2.45, 2.75) is 0 Å². The van der Waals surface area contributed by atoms with E-state index in [9.17, 15) is 4.39 Å². The summed E-state index contributed by atoms with van der Waals surface area (Å²) in [5.41, 5.74) is 0. The Morgan fingerprint density at radius 1 is 1.50 bits per heavy atom. The summed E-state index contributed by atoms with van der Waals surface area (Å²) in [6.07, 6.45) is 0. The van der Waals surface area contributed by atoms with Gasteiger partial charge in [-0.25, -0.2) is 4.39 Å². The normalized spacial score (nSPS) is 7.40. The number of benzene rings is 1. The molecule has 10 heavy (non-hydrogen) atoms. The molecule has 0 nitrogen and oxygen atoms in total. The van der Waals surface area contributed by atoms with Gasteiger partial charge < -0.3 is 12.4 Å². The summed E-state index contributed by atoms with van der Waals surface area (Å²) >= 11 is 2.99. The molecule has 1 rings (SSSR count). The van der Waals surface area contributed by atoms with Crippen LogP contribution in [0.1, 0.15) is 0 Å². The van der Waals surface area contributed by atoms with Gasteiger partial charge in [-0.05, 0) is 0 Å². The average molecular weight is 234 g/mol. The smallest absolute Gasteiger partial charge is 1.00 e. The summed E-state index contributed by atoms with van der Waals surface area (Å²) in [6, 6.07) is 7.13. The first-order valence-electron chi connectivity index (χ1n) is 2.12.